The third-order valence-corrected chi connectivity index (χ3v) is 5.20. The van der Waals surface area contributed by atoms with Crippen LogP contribution in [0.1, 0.15) is 30.4 Å². The van der Waals surface area contributed by atoms with Crippen molar-refractivity contribution >= 4 is 17.6 Å². The van der Waals surface area contributed by atoms with E-state index in [1.807, 2.05) is 24.4 Å². The normalized spacial score (nSPS) is 15.7. The summed E-state index contributed by atoms with van der Waals surface area (Å²) in [6.07, 6.45) is 10.8. The molecule has 1 N–H and O–H groups in total. The van der Waals surface area contributed by atoms with Gasteiger partial charge in [0.05, 0.1) is 13.7 Å². The number of rotatable bonds is 8. The number of pyridine rings is 1. The van der Waals surface area contributed by atoms with Crippen molar-refractivity contribution in [3.05, 3.63) is 47.7 Å². The number of anilines is 2. The highest BCUT2D eigenvalue weighted by Crippen LogP contribution is 2.33. The second-order valence-electron chi connectivity index (χ2n) is 7.08. The topological polar surface area (TPSA) is 46.6 Å². The Morgan fingerprint density at radius 2 is 2.04 bits per heavy atom. The van der Waals surface area contributed by atoms with Gasteiger partial charge in [0, 0.05) is 30.1 Å². The predicted octanol–water partition coefficient (Wildman–Crippen LogP) is 4.27. The Kier molecular flexibility index (Phi) is 5.58. The molecule has 1 aliphatic carbocycles. The minimum absolute atomic E-state index is 0.692. The van der Waals surface area contributed by atoms with Crippen molar-refractivity contribution in [2.75, 3.05) is 38.7 Å². The van der Waals surface area contributed by atoms with Crippen molar-refractivity contribution in [3.8, 4) is 11.5 Å². The van der Waals surface area contributed by atoms with Crippen LogP contribution in [-0.4, -0.2) is 43.2 Å². The van der Waals surface area contributed by atoms with Crippen molar-refractivity contribution in [1.29, 1.82) is 0 Å². The van der Waals surface area contributed by atoms with Crippen LogP contribution >= 0.6 is 0 Å². The van der Waals surface area contributed by atoms with Crippen LogP contribution in [0.2, 0.25) is 0 Å². The maximum absolute atomic E-state index is 6.03. The first kappa shape index (κ1) is 17.9. The molecule has 1 aliphatic heterocycles. The van der Waals surface area contributed by atoms with E-state index in [1.54, 1.807) is 7.11 Å². The molecule has 0 radical (unpaired) electrons. The Bertz CT molecular complexity index is 813. The van der Waals surface area contributed by atoms with Gasteiger partial charge in [-0.05, 0) is 62.5 Å². The Morgan fingerprint density at radius 3 is 2.89 bits per heavy atom. The fourth-order valence-corrected chi connectivity index (χ4v) is 3.76. The number of nitrogens with zero attached hydrogens (tertiary/aromatic N) is 2. The first-order chi connectivity index (χ1) is 13.3. The molecule has 0 saturated carbocycles. The molecule has 27 heavy (non-hydrogen) atoms. The highest BCUT2D eigenvalue weighted by molar-refractivity contribution is 5.74. The second-order valence-corrected chi connectivity index (χ2v) is 7.08. The van der Waals surface area contributed by atoms with Crippen LogP contribution < -0.4 is 14.8 Å². The molecule has 5 heteroatoms. The molecule has 2 aliphatic rings. The second kappa shape index (κ2) is 8.44. The lowest BCUT2D eigenvalue weighted by molar-refractivity contribution is 0.254. The van der Waals surface area contributed by atoms with Crippen LogP contribution in [0.5, 0.6) is 11.5 Å². The van der Waals surface area contributed by atoms with E-state index in [-0.39, 0.29) is 0 Å². The van der Waals surface area contributed by atoms with Crippen LogP contribution in [-0.2, 0) is 6.42 Å². The number of fused-ring (bicyclic) bond motifs is 1. The van der Waals surface area contributed by atoms with Gasteiger partial charge in [0.15, 0.2) is 11.5 Å². The Morgan fingerprint density at radius 1 is 1.15 bits per heavy atom. The van der Waals surface area contributed by atoms with Gasteiger partial charge in [0.1, 0.15) is 5.82 Å². The SMILES string of the molecule is COc1ccc(Nc2nccc3c2C=CC3)cc1OCCCN1CCCC1. The monoisotopic (exact) mass is 365 g/mol. The number of hydrogen-bond donors (Lipinski definition) is 1. The van der Waals surface area contributed by atoms with Crippen molar-refractivity contribution in [3.63, 3.8) is 0 Å². The third-order valence-electron chi connectivity index (χ3n) is 5.20. The van der Waals surface area contributed by atoms with Crippen LogP contribution in [0, 0.1) is 0 Å². The largest absolute Gasteiger partial charge is 0.493 e. The first-order valence-corrected chi connectivity index (χ1v) is 9.78. The number of benzene rings is 1. The Labute approximate surface area is 161 Å². The van der Waals surface area contributed by atoms with Gasteiger partial charge in [0.2, 0.25) is 0 Å². The van der Waals surface area contributed by atoms with E-state index in [2.05, 4.69) is 33.4 Å². The van der Waals surface area contributed by atoms with Crippen LogP contribution in [0.15, 0.2) is 36.5 Å². The van der Waals surface area contributed by atoms with E-state index >= 15 is 0 Å². The van der Waals surface area contributed by atoms with Crippen molar-refractivity contribution in [2.45, 2.75) is 25.7 Å². The van der Waals surface area contributed by atoms with E-state index < -0.39 is 0 Å². The molecule has 0 bridgehead atoms. The molecule has 0 unspecified atom stereocenters. The lowest BCUT2D eigenvalue weighted by Crippen LogP contribution is -2.21. The summed E-state index contributed by atoms with van der Waals surface area (Å²) in [6, 6.07) is 8.00. The fraction of sp³-hybridized carbons (Fsp3) is 0.409. The van der Waals surface area contributed by atoms with Gasteiger partial charge in [-0.1, -0.05) is 12.2 Å². The molecule has 1 aromatic heterocycles. The zero-order chi connectivity index (χ0) is 18.5. The zero-order valence-electron chi connectivity index (χ0n) is 15.9. The van der Waals surface area contributed by atoms with Crippen molar-refractivity contribution < 1.29 is 9.47 Å². The van der Waals surface area contributed by atoms with E-state index in [9.17, 15) is 0 Å². The molecule has 1 fully saturated rings. The minimum atomic E-state index is 0.692. The Hall–Kier alpha value is -2.53. The van der Waals surface area contributed by atoms with Gasteiger partial charge in [0.25, 0.3) is 0 Å². The van der Waals surface area contributed by atoms with Crippen molar-refractivity contribution in [1.82, 2.24) is 9.88 Å². The highest BCUT2D eigenvalue weighted by Gasteiger charge is 2.13. The molecule has 4 rings (SSSR count). The molecular weight excluding hydrogens is 338 g/mol. The summed E-state index contributed by atoms with van der Waals surface area (Å²) < 4.78 is 11.5. The molecule has 2 heterocycles. The molecule has 0 amide bonds. The van der Waals surface area contributed by atoms with Gasteiger partial charge < -0.3 is 19.7 Å². The molecular formula is C22H27N3O2. The quantitative estimate of drug-likeness (QED) is 0.708. The summed E-state index contributed by atoms with van der Waals surface area (Å²) in [5.74, 6) is 2.41. The fourth-order valence-electron chi connectivity index (χ4n) is 3.76. The summed E-state index contributed by atoms with van der Waals surface area (Å²) in [5.41, 5.74) is 3.42. The van der Waals surface area contributed by atoms with Gasteiger partial charge in [-0.3, -0.25) is 0 Å². The van der Waals surface area contributed by atoms with E-state index in [4.69, 9.17) is 9.47 Å². The van der Waals surface area contributed by atoms with E-state index in [0.29, 0.717) is 6.61 Å². The number of ether oxygens (including phenoxy) is 2. The summed E-state index contributed by atoms with van der Waals surface area (Å²) in [5, 5.41) is 3.43. The summed E-state index contributed by atoms with van der Waals surface area (Å²) in [7, 11) is 1.68. The van der Waals surface area contributed by atoms with E-state index in [0.717, 1.165) is 42.4 Å². The number of methoxy groups -OCH3 is 1. The van der Waals surface area contributed by atoms with Gasteiger partial charge in [-0.2, -0.15) is 0 Å². The molecule has 0 atom stereocenters. The lowest BCUT2D eigenvalue weighted by atomic mass is 10.1. The lowest BCUT2D eigenvalue weighted by Gasteiger charge is -2.16. The summed E-state index contributed by atoms with van der Waals surface area (Å²) >= 11 is 0. The molecule has 5 nitrogen and oxygen atoms in total. The molecule has 1 saturated heterocycles. The molecule has 1 aromatic carbocycles. The average Bonchev–Trinajstić information content (AvgIpc) is 3.37. The molecule has 2 aromatic rings. The maximum atomic E-state index is 6.03. The standard InChI is InChI=1S/C22H27N3O2/c1-26-20-9-8-18(24-22-19-7-4-6-17(19)10-11-23-22)16-21(20)27-15-5-14-25-12-2-3-13-25/h4,7-11,16H,2-3,5-6,12-15H2,1H3,(H,23,24). The van der Waals surface area contributed by atoms with Gasteiger partial charge in [-0.25, -0.2) is 4.98 Å². The van der Waals surface area contributed by atoms with Crippen molar-refractivity contribution in [2.24, 2.45) is 0 Å². The van der Waals surface area contributed by atoms with Crippen LogP contribution in [0.3, 0.4) is 0 Å². The number of hydrogen-bond acceptors (Lipinski definition) is 5. The predicted molar refractivity (Wildman–Crippen MR) is 109 cm³/mol. The average molecular weight is 365 g/mol. The van der Waals surface area contributed by atoms with Gasteiger partial charge >= 0.3 is 0 Å². The summed E-state index contributed by atoms with van der Waals surface area (Å²) in [4.78, 5) is 7.01. The summed E-state index contributed by atoms with van der Waals surface area (Å²) in [6.45, 7) is 4.25. The minimum Gasteiger partial charge on any atom is -0.493 e. The van der Waals surface area contributed by atoms with Crippen LogP contribution in [0.4, 0.5) is 11.5 Å². The van der Waals surface area contributed by atoms with Crippen LogP contribution in [0.25, 0.3) is 6.08 Å². The highest BCUT2D eigenvalue weighted by atomic mass is 16.5. The number of aromatic nitrogens is 1. The third kappa shape index (κ3) is 4.25. The molecule has 0 spiro atoms. The maximum Gasteiger partial charge on any atom is 0.163 e. The number of nitrogens with one attached hydrogen (secondary N) is 1. The Balaban J connectivity index is 1.41. The molecule has 142 valence electrons. The number of allylic oxidation sites excluding steroid dienone is 1. The van der Waals surface area contributed by atoms with E-state index in [1.165, 1.54) is 37.1 Å². The smallest absolute Gasteiger partial charge is 0.163 e. The number of likely N-dealkylation sites (tertiary alicyclic amines) is 1. The first-order valence-electron chi connectivity index (χ1n) is 9.78. The zero-order valence-corrected chi connectivity index (χ0v) is 15.9. The van der Waals surface area contributed by atoms with Gasteiger partial charge in [-0.15, -0.1) is 0 Å².